The van der Waals surface area contributed by atoms with Gasteiger partial charge in [0.2, 0.25) is 0 Å². The first-order chi connectivity index (χ1) is 6.41. The van der Waals surface area contributed by atoms with Crippen molar-refractivity contribution in [3.63, 3.8) is 0 Å². The SMILES string of the molecule is CC(Nc1nccnc1N)C(C)(F)F. The zero-order chi connectivity index (χ0) is 10.8. The third kappa shape index (κ3) is 2.51. The number of alkyl halides is 2. The Morgan fingerprint density at radius 2 is 2.00 bits per heavy atom. The van der Waals surface area contributed by atoms with Crippen LogP contribution in [0.4, 0.5) is 20.4 Å². The molecule has 0 aliphatic carbocycles. The van der Waals surface area contributed by atoms with Gasteiger partial charge in [0, 0.05) is 19.3 Å². The van der Waals surface area contributed by atoms with Gasteiger partial charge in [-0.2, -0.15) is 0 Å². The zero-order valence-corrected chi connectivity index (χ0v) is 7.96. The molecule has 0 aliphatic heterocycles. The first-order valence-electron chi connectivity index (χ1n) is 4.12. The van der Waals surface area contributed by atoms with Gasteiger partial charge in [-0.25, -0.2) is 18.7 Å². The van der Waals surface area contributed by atoms with E-state index in [0.717, 1.165) is 6.92 Å². The fraction of sp³-hybridized carbons (Fsp3) is 0.500. The van der Waals surface area contributed by atoms with Crippen molar-refractivity contribution in [2.45, 2.75) is 25.8 Å². The molecular formula is C8H12F2N4. The van der Waals surface area contributed by atoms with Crippen molar-refractivity contribution in [1.82, 2.24) is 9.97 Å². The van der Waals surface area contributed by atoms with E-state index in [0.29, 0.717) is 0 Å². The van der Waals surface area contributed by atoms with Crippen LogP contribution in [-0.4, -0.2) is 21.9 Å². The lowest BCUT2D eigenvalue weighted by atomic mass is 10.2. The minimum Gasteiger partial charge on any atom is -0.381 e. The van der Waals surface area contributed by atoms with Gasteiger partial charge in [-0.15, -0.1) is 0 Å². The Kier molecular flexibility index (Phi) is 2.83. The molecule has 0 radical (unpaired) electrons. The number of nitrogen functional groups attached to an aromatic ring is 1. The molecule has 1 aromatic heterocycles. The van der Waals surface area contributed by atoms with Crippen LogP contribution in [0.5, 0.6) is 0 Å². The summed E-state index contributed by atoms with van der Waals surface area (Å²) in [5.41, 5.74) is 5.43. The Bertz CT molecular complexity index is 310. The second-order valence-electron chi connectivity index (χ2n) is 3.11. The van der Waals surface area contributed by atoms with Crippen LogP contribution in [0.3, 0.4) is 0 Å². The number of nitrogens with one attached hydrogen (secondary N) is 1. The van der Waals surface area contributed by atoms with Crippen LogP contribution in [0.25, 0.3) is 0 Å². The molecule has 0 fully saturated rings. The monoisotopic (exact) mass is 202 g/mol. The number of halogens is 2. The van der Waals surface area contributed by atoms with E-state index in [4.69, 9.17) is 5.73 Å². The number of aromatic nitrogens is 2. The van der Waals surface area contributed by atoms with Gasteiger partial charge in [0.25, 0.3) is 5.92 Å². The maximum Gasteiger partial charge on any atom is 0.264 e. The fourth-order valence-electron chi connectivity index (χ4n) is 0.792. The molecule has 1 heterocycles. The third-order valence-electron chi connectivity index (χ3n) is 1.84. The highest BCUT2D eigenvalue weighted by molar-refractivity contribution is 5.55. The van der Waals surface area contributed by atoms with Crippen molar-refractivity contribution in [2.75, 3.05) is 11.1 Å². The average molecular weight is 202 g/mol. The summed E-state index contributed by atoms with van der Waals surface area (Å²) in [7, 11) is 0. The lowest BCUT2D eigenvalue weighted by molar-refractivity contribution is 0.00691. The van der Waals surface area contributed by atoms with Crippen LogP contribution in [0.2, 0.25) is 0 Å². The maximum atomic E-state index is 12.8. The van der Waals surface area contributed by atoms with Gasteiger partial charge >= 0.3 is 0 Å². The molecular weight excluding hydrogens is 190 g/mol. The van der Waals surface area contributed by atoms with Gasteiger partial charge in [0.05, 0.1) is 6.04 Å². The standard InChI is InChI=1S/C8H12F2N4/c1-5(8(2,9)10)14-7-6(11)12-3-4-13-7/h3-5H,1-2H3,(H2,11,12)(H,13,14). The lowest BCUT2D eigenvalue weighted by Crippen LogP contribution is -2.34. The number of nitrogens with two attached hydrogens (primary N) is 1. The maximum absolute atomic E-state index is 12.8. The van der Waals surface area contributed by atoms with E-state index >= 15 is 0 Å². The van der Waals surface area contributed by atoms with E-state index in [1.165, 1.54) is 19.3 Å². The van der Waals surface area contributed by atoms with E-state index in [-0.39, 0.29) is 11.6 Å². The van der Waals surface area contributed by atoms with Gasteiger partial charge < -0.3 is 11.1 Å². The van der Waals surface area contributed by atoms with E-state index < -0.39 is 12.0 Å². The molecule has 14 heavy (non-hydrogen) atoms. The molecule has 0 bridgehead atoms. The van der Waals surface area contributed by atoms with Gasteiger partial charge in [0.15, 0.2) is 11.6 Å². The van der Waals surface area contributed by atoms with E-state index in [1.54, 1.807) is 0 Å². The van der Waals surface area contributed by atoms with Crippen molar-refractivity contribution < 1.29 is 8.78 Å². The summed E-state index contributed by atoms with van der Waals surface area (Å²) < 4.78 is 25.6. The Hall–Kier alpha value is -1.46. The predicted octanol–water partition coefficient (Wildman–Crippen LogP) is 1.51. The Morgan fingerprint density at radius 3 is 2.50 bits per heavy atom. The fourth-order valence-corrected chi connectivity index (χ4v) is 0.792. The predicted molar refractivity (Wildman–Crippen MR) is 50.2 cm³/mol. The number of anilines is 2. The van der Waals surface area contributed by atoms with Crippen LogP contribution < -0.4 is 11.1 Å². The lowest BCUT2D eigenvalue weighted by Gasteiger charge is -2.21. The zero-order valence-electron chi connectivity index (χ0n) is 7.96. The molecule has 1 atom stereocenters. The summed E-state index contributed by atoms with van der Waals surface area (Å²) in [4.78, 5) is 7.52. The molecule has 0 aromatic carbocycles. The molecule has 0 spiro atoms. The molecule has 0 saturated heterocycles. The molecule has 0 amide bonds. The minimum absolute atomic E-state index is 0.114. The molecule has 1 aromatic rings. The summed E-state index contributed by atoms with van der Waals surface area (Å²) in [6.45, 7) is 2.19. The van der Waals surface area contributed by atoms with Crippen LogP contribution in [0, 0.1) is 0 Å². The molecule has 1 unspecified atom stereocenters. The van der Waals surface area contributed by atoms with Crippen molar-refractivity contribution in [3.05, 3.63) is 12.4 Å². The Labute approximate surface area is 80.6 Å². The molecule has 78 valence electrons. The number of rotatable bonds is 3. The van der Waals surface area contributed by atoms with Crippen LogP contribution in [0.15, 0.2) is 12.4 Å². The van der Waals surface area contributed by atoms with E-state index in [9.17, 15) is 8.78 Å². The van der Waals surface area contributed by atoms with Crippen molar-refractivity contribution in [3.8, 4) is 0 Å². The average Bonchev–Trinajstić information content (AvgIpc) is 2.07. The summed E-state index contributed by atoms with van der Waals surface area (Å²) in [6, 6.07) is -1.04. The van der Waals surface area contributed by atoms with Crippen molar-refractivity contribution in [1.29, 1.82) is 0 Å². The Morgan fingerprint density at radius 1 is 1.43 bits per heavy atom. The number of hydrogen-bond donors (Lipinski definition) is 2. The highest BCUT2D eigenvalue weighted by atomic mass is 19.3. The normalized spacial score (nSPS) is 13.7. The Balaban J connectivity index is 2.75. The molecule has 0 saturated carbocycles. The van der Waals surface area contributed by atoms with Crippen LogP contribution >= 0.6 is 0 Å². The van der Waals surface area contributed by atoms with Gasteiger partial charge in [-0.05, 0) is 6.92 Å². The van der Waals surface area contributed by atoms with E-state index in [2.05, 4.69) is 15.3 Å². The highest BCUT2D eigenvalue weighted by Crippen LogP contribution is 2.21. The largest absolute Gasteiger partial charge is 0.381 e. The van der Waals surface area contributed by atoms with Gasteiger partial charge in [0.1, 0.15) is 0 Å². The summed E-state index contributed by atoms with van der Waals surface area (Å²) in [5.74, 6) is -2.53. The third-order valence-corrected chi connectivity index (χ3v) is 1.84. The molecule has 4 nitrogen and oxygen atoms in total. The quantitative estimate of drug-likeness (QED) is 0.779. The van der Waals surface area contributed by atoms with Crippen LogP contribution in [0.1, 0.15) is 13.8 Å². The number of hydrogen-bond acceptors (Lipinski definition) is 4. The number of nitrogens with zero attached hydrogens (tertiary/aromatic N) is 2. The first kappa shape index (κ1) is 10.6. The van der Waals surface area contributed by atoms with Gasteiger partial charge in [-0.1, -0.05) is 0 Å². The van der Waals surface area contributed by atoms with Crippen molar-refractivity contribution in [2.24, 2.45) is 0 Å². The van der Waals surface area contributed by atoms with Crippen LogP contribution in [-0.2, 0) is 0 Å². The first-order valence-corrected chi connectivity index (χ1v) is 4.12. The molecule has 0 aliphatic rings. The summed E-state index contributed by atoms with van der Waals surface area (Å²) in [6.07, 6.45) is 2.79. The molecule has 6 heteroatoms. The second kappa shape index (κ2) is 3.73. The molecule has 3 N–H and O–H groups in total. The second-order valence-corrected chi connectivity index (χ2v) is 3.11. The minimum atomic E-state index is -2.83. The molecule has 1 rings (SSSR count). The topological polar surface area (TPSA) is 63.8 Å². The van der Waals surface area contributed by atoms with E-state index in [1.807, 2.05) is 0 Å². The highest BCUT2D eigenvalue weighted by Gasteiger charge is 2.30. The summed E-state index contributed by atoms with van der Waals surface area (Å²) >= 11 is 0. The summed E-state index contributed by atoms with van der Waals surface area (Å²) in [5, 5.41) is 2.50. The van der Waals surface area contributed by atoms with Crippen molar-refractivity contribution >= 4 is 11.6 Å². The smallest absolute Gasteiger partial charge is 0.264 e. The van der Waals surface area contributed by atoms with Gasteiger partial charge in [-0.3, -0.25) is 0 Å².